The Balaban J connectivity index is 1.85. The largest absolute Gasteiger partial charge is 0.305 e. The molecule has 0 atom stereocenters. The zero-order valence-corrected chi connectivity index (χ0v) is 16.4. The summed E-state index contributed by atoms with van der Waals surface area (Å²) in [6.07, 6.45) is 4.55. The van der Waals surface area contributed by atoms with E-state index in [1.54, 1.807) is 0 Å². The lowest BCUT2D eigenvalue weighted by Gasteiger charge is -2.10. The number of nitrogens with one attached hydrogen (secondary N) is 1. The molecule has 0 aliphatic heterocycles. The van der Waals surface area contributed by atoms with E-state index in [4.69, 9.17) is 5.41 Å². The van der Waals surface area contributed by atoms with E-state index in [1.807, 2.05) is 6.07 Å². The van der Waals surface area contributed by atoms with Crippen LogP contribution in [0.25, 0.3) is 5.57 Å². The molecule has 0 saturated carbocycles. The van der Waals surface area contributed by atoms with Gasteiger partial charge in [-0.2, -0.15) is 0 Å². The Morgan fingerprint density at radius 2 is 1.42 bits per heavy atom. The van der Waals surface area contributed by atoms with E-state index >= 15 is 0 Å². The van der Waals surface area contributed by atoms with E-state index < -0.39 is 0 Å². The Kier molecular flexibility index (Phi) is 7.59. The number of rotatable bonds is 9. The van der Waals surface area contributed by atoms with E-state index in [0.29, 0.717) is 5.71 Å². The second-order valence-corrected chi connectivity index (χ2v) is 7.10. The molecule has 0 fully saturated rings. The molecule has 0 radical (unpaired) electrons. The minimum absolute atomic E-state index is 0.684. The first kappa shape index (κ1) is 19.9. The van der Waals surface area contributed by atoms with Crippen LogP contribution in [0.4, 0.5) is 0 Å². The van der Waals surface area contributed by atoms with Crippen LogP contribution in [0.5, 0.6) is 0 Å². The number of allylic oxidation sites excluding steroid dienone is 3. The molecule has 0 bridgehead atoms. The highest BCUT2D eigenvalue weighted by molar-refractivity contribution is 5.97. The van der Waals surface area contributed by atoms with Gasteiger partial charge in [0.25, 0.3) is 0 Å². The minimum atomic E-state index is 0.684. The Morgan fingerprint density at radius 1 is 0.846 bits per heavy atom. The standard InChI is InChI=1S/C25H31N/c1-5-24(19(2)3)23-16-13-22(14-17-23)15-18-25(26)20(4)11-12-21-9-7-6-8-10-21/h6-10,13-14,16-17,26H,4-5,11-12,15,18H2,1-3H3. The minimum Gasteiger partial charge on any atom is -0.305 e. The van der Waals surface area contributed by atoms with Crippen LogP contribution in [0.15, 0.2) is 72.3 Å². The molecule has 1 heteroatoms. The maximum Gasteiger partial charge on any atom is 0.0343 e. The third kappa shape index (κ3) is 5.84. The van der Waals surface area contributed by atoms with Crippen molar-refractivity contribution in [2.24, 2.45) is 0 Å². The van der Waals surface area contributed by atoms with Crippen LogP contribution >= 0.6 is 0 Å². The molecule has 1 N–H and O–H groups in total. The van der Waals surface area contributed by atoms with Crippen molar-refractivity contribution < 1.29 is 0 Å². The molecule has 1 nitrogen and oxygen atoms in total. The second-order valence-electron chi connectivity index (χ2n) is 7.10. The fourth-order valence-corrected chi connectivity index (χ4v) is 3.26. The average Bonchev–Trinajstić information content (AvgIpc) is 2.66. The van der Waals surface area contributed by atoms with Crippen molar-refractivity contribution >= 4 is 11.3 Å². The lowest BCUT2D eigenvalue weighted by Crippen LogP contribution is -2.04. The highest BCUT2D eigenvalue weighted by atomic mass is 14.4. The first-order chi connectivity index (χ1) is 12.5. The summed E-state index contributed by atoms with van der Waals surface area (Å²) in [6.45, 7) is 10.7. The molecule has 2 aromatic carbocycles. The SMILES string of the molecule is C=C(CCc1ccccc1)C(=N)CCc1ccc(C(CC)=C(C)C)cc1. The van der Waals surface area contributed by atoms with Crippen LogP contribution in [0.3, 0.4) is 0 Å². The summed E-state index contributed by atoms with van der Waals surface area (Å²) in [7, 11) is 0. The maximum atomic E-state index is 8.30. The summed E-state index contributed by atoms with van der Waals surface area (Å²) in [4.78, 5) is 0. The van der Waals surface area contributed by atoms with Gasteiger partial charge in [0.15, 0.2) is 0 Å². The lowest BCUT2D eigenvalue weighted by atomic mass is 9.95. The normalized spacial score (nSPS) is 10.4. The zero-order valence-electron chi connectivity index (χ0n) is 16.4. The van der Waals surface area contributed by atoms with E-state index in [0.717, 1.165) is 37.7 Å². The monoisotopic (exact) mass is 345 g/mol. The summed E-state index contributed by atoms with van der Waals surface area (Å²) in [5.74, 6) is 0. The van der Waals surface area contributed by atoms with E-state index in [-0.39, 0.29) is 0 Å². The van der Waals surface area contributed by atoms with Crippen LogP contribution < -0.4 is 0 Å². The molecule has 136 valence electrons. The van der Waals surface area contributed by atoms with E-state index in [2.05, 4.69) is 75.9 Å². The fourth-order valence-electron chi connectivity index (χ4n) is 3.26. The Bertz CT molecular complexity index is 760. The van der Waals surface area contributed by atoms with Crippen molar-refractivity contribution in [3.63, 3.8) is 0 Å². The van der Waals surface area contributed by atoms with Crippen LogP contribution in [-0.4, -0.2) is 5.71 Å². The number of hydrogen-bond acceptors (Lipinski definition) is 1. The topological polar surface area (TPSA) is 23.9 Å². The maximum absolute atomic E-state index is 8.30. The molecule has 2 rings (SSSR count). The van der Waals surface area contributed by atoms with Crippen LogP contribution in [0.1, 0.15) is 56.7 Å². The predicted molar refractivity (Wildman–Crippen MR) is 115 cm³/mol. The summed E-state index contributed by atoms with van der Waals surface area (Å²) < 4.78 is 0. The van der Waals surface area contributed by atoms with Crippen molar-refractivity contribution in [2.75, 3.05) is 0 Å². The molecule has 0 aromatic heterocycles. The fraction of sp³-hybridized carbons (Fsp3) is 0.320. The highest BCUT2D eigenvalue weighted by Gasteiger charge is 2.06. The smallest absolute Gasteiger partial charge is 0.0343 e. The summed E-state index contributed by atoms with van der Waals surface area (Å²) in [6, 6.07) is 19.3. The van der Waals surface area contributed by atoms with Gasteiger partial charge < -0.3 is 5.41 Å². The Hall–Kier alpha value is -2.41. The van der Waals surface area contributed by atoms with Crippen molar-refractivity contribution in [1.29, 1.82) is 5.41 Å². The summed E-state index contributed by atoms with van der Waals surface area (Å²) >= 11 is 0. The molecule has 0 aliphatic rings. The third-order valence-electron chi connectivity index (χ3n) is 4.91. The molecule has 0 saturated heterocycles. The first-order valence-electron chi connectivity index (χ1n) is 9.56. The molecule has 26 heavy (non-hydrogen) atoms. The van der Waals surface area contributed by atoms with Crippen molar-refractivity contribution in [1.82, 2.24) is 0 Å². The Morgan fingerprint density at radius 3 is 2.00 bits per heavy atom. The second kappa shape index (κ2) is 9.91. The van der Waals surface area contributed by atoms with Gasteiger partial charge in [0.05, 0.1) is 0 Å². The molecule has 0 amide bonds. The first-order valence-corrected chi connectivity index (χ1v) is 9.56. The molecular formula is C25H31N. The molecule has 2 aromatic rings. The van der Waals surface area contributed by atoms with Gasteiger partial charge in [-0.05, 0) is 73.8 Å². The molecule has 0 unspecified atom stereocenters. The van der Waals surface area contributed by atoms with Gasteiger partial charge in [0.2, 0.25) is 0 Å². The van der Waals surface area contributed by atoms with Crippen molar-refractivity contribution in [3.8, 4) is 0 Å². The number of aryl methyl sites for hydroxylation is 2. The van der Waals surface area contributed by atoms with E-state index in [9.17, 15) is 0 Å². The summed E-state index contributed by atoms with van der Waals surface area (Å²) in [5, 5.41) is 8.30. The highest BCUT2D eigenvalue weighted by Crippen LogP contribution is 2.22. The molecule has 0 spiro atoms. The number of hydrogen-bond donors (Lipinski definition) is 1. The van der Waals surface area contributed by atoms with Gasteiger partial charge in [0.1, 0.15) is 0 Å². The quantitative estimate of drug-likeness (QED) is 0.472. The van der Waals surface area contributed by atoms with Gasteiger partial charge in [-0.15, -0.1) is 0 Å². The van der Waals surface area contributed by atoms with Gasteiger partial charge in [0, 0.05) is 5.71 Å². The molecular weight excluding hydrogens is 314 g/mol. The number of benzene rings is 2. The van der Waals surface area contributed by atoms with Gasteiger partial charge in [-0.3, -0.25) is 0 Å². The van der Waals surface area contributed by atoms with Crippen molar-refractivity contribution in [2.45, 2.75) is 52.9 Å². The van der Waals surface area contributed by atoms with E-state index in [1.165, 1.54) is 27.8 Å². The molecule has 0 heterocycles. The Labute approximate surface area is 159 Å². The van der Waals surface area contributed by atoms with Gasteiger partial charge in [-0.25, -0.2) is 0 Å². The molecule has 0 aliphatic carbocycles. The van der Waals surface area contributed by atoms with Crippen LogP contribution in [0, 0.1) is 5.41 Å². The average molecular weight is 346 g/mol. The zero-order chi connectivity index (χ0) is 18.9. The third-order valence-corrected chi connectivity index (χ3v) is 4.91. The van der Waals surface area contributed by atoms with Gasteiger partial charge >= 0.3 is 0 Å². The predicted octanol–water partition coefficient (Wildman–Crippen LogP) is 7.03. The lowest BCUT2D eigenvalue weighted by molar-refractivity contribution is 0.951. The van der Waals surface area contributed by atoms with Crippen LogP contribution in [0.2, 0.25) is 0 Å². The van der Waals surface area contributed by atoms with Gasteiger partial charge in [-0.1, -0.05) is 73.7 Å². The van der Waals surface area contributed by atoms with Crippen LogP contribution in [-0.2, 0) is 12.8 Å². The van der Waals surface area contributed by atoms with Crippen molar-refractivity contribution in [3.05, 3.63) is 89.0 Å². The summed E-state index contributed by atoms with van der Waals surface area (Å²) in [5.41, 5.74) is 8.38.